The quantitative estimate of drug-likeness (QED) is 0.506. The second kappa shape index (κ2) is 6.29. The van der Waals surface area contributed by atoms with Crippen molar-refractivity contribution in [2.75, 3.05) is 6.54 Å². The molecular formula is C10H17NO3. The van der Waals surface area contributed by atoms with Crippen LogP contribution in [0.2, 0.25) is 0 Å². The summed E-state index contributed by atoms with van der Waals surface area (Å²) in [5, 5.41) is 2.57. The molecule has 1 N–H and O–H groups in total. The van der Waals surface area contributed by atoms with Gasteiger partial charge in [0.2, 0.25) is 5.91 Å². The fraction of sp³-hybridized carbons (Fsp3) is 0.700. The monoisotopic (exact) mass is 199 g/mol. The van der Waals surface area contributed by atoms with Crippen molar-refractivity contribution in [3.8, 4) is 0 Å². The van der Waals surface area contributed by atoms with Crippen LogP contribution in [0.3, 0.4) is 0 Å². The summed E-state index contributed by atoms with van der Waals surface area (Å²) in [4.78, 5) is 33.3. The minimum absolute atomic E-state index is 0.397. The number of unbranched alkanes of at least 4 members (excludes halogenated alkanes) is 1. The lowest BCUT2D eigenvalue weighted by Gasteiger charge is -2.10. The summed E-state index contributed by atoms with van der Waals surface area (Å²) in [5.74, 6) is -2.39. The molecule has 0 heterocycles. The van der Waals surface area contributed by atoms with Crippen molar-refractivity contribution in [3.63, 3.8) is 0 Å². The number of ketones is 2. The lowest BCUT2D eigenvalue weighted by Crippen LogP contribution is -2.38. The van der Waals surface area contributed by atoms with E-state index in [1.54, 1.807) is 0 Å². The highest BCUT2D eigenvalue weighted by Gasteiger charge is 2.27. The van der Waals surface area contributed by atoms with Gasteiger partial charge in [-0.3, -0.25) is 14.4 Å². The average Bonchev–Trinajstić information content (AvgIpc) is 2.03. The number of hydrogen-bond donors (Lipinski definition) is 1. The Kier molecular flexibility index (Phi) is 5.76. The van der Waals surface area contributed by atoms with Crippen LogP contribution in [0.5, 0.6) is 0 Å². The van der Waals surface area contributed by atoms with Crippen molar-refractivity contribution in [2.24, 2.45) is 5.92 Å². The van der Waals surface area contributed by atoms with Crippen LogP contribution >= 0.6 is 0 Å². The summed E-state index contributed by atoms with van der Waals surface area (Å²) in [5.41, 5.74) is 0. The third-order valence-corrected chi connectivity index (χ3v) is 1.90. The van der Waals surface area contributed by atoms with E-state index in [1.165, 1.54) is 13.8 Å². The maximum absolute atomic E-state index is 11.3. The summed E-state index contributed by atoms with van der Waals surface area (Å²) in [7, 11) is 0. The lowest BCUT2D eigenvalue weighted by atomic mass is 10.00. The highest BCUT2D eigenvalue weighted by Crippen LogP contribution is 2.00. The average molecular weight is 199 g/mol. The molecule has 0 aliphatic heterocycles. The molecule has 0 saturated heterocycles. The van der Waals surface area contributed by atoms with Crippen molar-refractivity contribution >= 4 is 17.5 Å². The van der Waals surface area contributed by atoms with E-state index >= 15 is 0 Å². The van der Waals surface area contributed by atoms with Gasteiger partial charge in [-0.25, -0.2) is 0 Å². The van der Waals surface area contributed by atoms with E-state index in [-0.39, 0.29) is 0 Å². The summed E-state index contributed by atoms with van der Waals surface area (Å²) < 4.78 is 0. The molecular weight excluding hydrogens is 182 g/mol. The number of Topliss-reactive ketones (excluding diaryl/α,β-unsaturated/α-hetero) is 2. The molecule has 0 atom stereocenters. The molecule has 14 heavy (non-hydrogen) atoms. The van der Waals surface area contributed by atoms with Crippen LogP contribution in [0.4, 0.5) is 0 Å². The van der Waals surface area contributed by atoms with Gasteiger partial charge in [-0.1, -0.05) is 13.3 Å². The van der Waals surface area contributed by atoms with Gasteiger partial charge in [0.25, 0.3) is 0 Å². The van der Waals surface area contributed by atoms with Crippen molar-refractivity contribution in [1.82, 2.24) is 5.32 Å². The topological polar surface area (TPSA) is 63.2 Å². The third-order valence-electron chi connectivity index (χ3n) is 1.90. The molecule has 0 aliphatic rings. The largest absolute Gasteiger partial charge is 0.355 e. The number of rotatable bonds is 6. The second-order valence-electron chi connectivity index (χ2n) is 3.30. The molecule has 0 radical (unpaired) electrons. The Balaban J connectivity index is 4.17. The molecule has 4 heteroatoms. The van der Waals surface area contributed by atoms with Crippen LogP contribution in [-0.2, 0) is 14.4 Å². The van der Waals surface area contributed by atoms with Gasteiger partial charge < -0.3 is 5.32 Å². The van der Waals surface area contributed by atoms with Gasteiger partial charge in [0.15, 0.2) is 5.92 Å². The van der Waals surface area contributed by atoms with E-state index in [4.69, 9.17) is 0 Å². The van der Waals surface area contributed by atoms with Gasteiger partial charge in [0, 0.05) is 6.54 Å². The molecule has 0 aromatic rings. The van der Waals surface area contributed by atoms with Gasteiger partial charge in [-0.2, -0.15) is 0 Å². The first-order valence-corrected chi connectivity index (χ1v) is 4.79. The van der Waals surface area contributed by atoms with E-state index in [1.807, 2.05) is 6.92 Å². The van der Waals surface area contributed by atoms with Crippen LogP contribution in [-0.4, -0.2) is 24.0 Å². The number of carbonyl (C=O) groups is 3. The molecule has 4 nitrogen and oxygen atoms in total. The van der Waals surface area contributed by atoms with E-state index in [9.17, 15) is 14.4 Å². The summed E-state index contributed by atoms with van der Waals surface area (Å²) in [6.07, 6.45) is 1.82. The van der Waals surface area contributed by atoms with Crippen LogP contribution in [0, 0.1) is 5.92 Å². The van der Waals surface area contributed by atoms with Crippen molar-refractivity contribution in [1.29, 1.82) is 0 Å². The van der Waals surface area contributed by atoms with Gasteiger partial charge in [-0.05, 0) is 20.3 Å². The van der Waals surface area contributed by atoms with E-state index in [0.717, 1.165) is 12.8 Å². The Hall–Kier alpha value is -1.19. The smallest absolute Gasteiger partial charge is 0.238 e. The number of carbonyl (C=O) groups excluding carboxylic acids is 3. The highest BCUT2D eigenvalue weighted by molar-refractivity contribution is 6.17. The molecule has 0 spiro atoms. The number of nitrogens with one attached hydrogen (secondary N) is 1. The van der Waals surface area contributed by atoms with Crippen molar-refractivity contribution in [3.05, 3.63) is 0 Å². The van der Waals surface area contributed by atoms with E-state index in [2.05, 4.69) is 5.32 Å². The maximum atomic E-state index is 11.3. The van der Waals surface area contributed by atoms with Crippen molar-refractivity contribution < 1.29 is 14.4 Å². The Bertz CT molecular complexity index is 222. The fourth-order valence-corrected chi connectivity index (χ4v) is 1.15. The van der Waals surface area contributed by atoms with Gasteiger partial charge >= 0.3 is 0 Å². The first kappa shape index (κ1) is 12.8. The zero-order valence-corrected chi connectivity index (χ0v) is 8.92. The zero-order valence-electron chi connectivity index (χ0n) is 8.92. The van der Waals surface area contributed by atoms with Crippen LogP contribution in [0.25, 0.3) is 0 Å². The minimum atomic E-state index is -1.12. The fourth-order valence-electron chi connectivity index (χ4n) is 1.15. The van der Waals surface area contributed by atoms with E-state index < -0.39 is 23.4 Å². The first-order valence-electron chi connectivity index (χ1n) is 4.79. The molecule has 0 saturated carbocycles. The van der Waals surface area contributed by atoms with Crippen LogP contribution < -0.4 is 5.32 Å². The molecule has 0 fully saturated rings. The van der Waals surface area contributed by atoms with Gasteiger partial charge in [0.1, 0.15) is 11.6 Å². The predicted octanol–water partition coefficient (Wildman–Crippen LogP) is 0.697. The SMILES string of the molecule is CCCCNC(=O)C(C(C)=O)C(C)=O. The molecule has 0 bridgehead atoms. The summed E-state index contributed by atoms with van der Waals surface area (Å²) in [6.45, 7) is 5.03. The molecule has 0 aliphatic carbocycles. The Labute approximate surface area is 84.1 Å². The van der Waals surface area contributed by atoms with Gasteiger partial charge in [0.05, 0.1) is 0 Å². The highest BCUT2D eigenvalue weighted by atomic mass is 16.2. The lowest BCUT2D eigenvalue weighted by molar-refractivity contribution is -0.139. The number of amides is 1. The zero-order chi connectivity index (χ0) is 11.1. The molecule has 0 aromatic carbocycles. The first-order chi connectivity index (χ1) is 6.50. The second-order valence-corrected chi connectivity index (χ2v) is 3.30. The molecule has 0 unspecified atom stereocenters. The van der Waals surface area contributed by atoms with Gasteiger partial charge in [-0.15, -0.1) is 0 Å². The Morgan fingerprint density at radius 1 is 1.14 bits per heavy atom. The van der Waals surface area contributed by atoms with Crippen LogP contribution in [0.1, 0.15) is 33.6 Å². The Morgan fingerprint density at radius 3 is 2.00 bits per heavy atom. The molecule has 0 aromatic heterocycles. The summed E-state index contributed by atoms with van der Waals surface area (Å²) in [6, 6.07) is 0. The van der Waals surface area contributed by atoms with Crippen LogP contribution in [0.15, 0.2) is 0 Å². The minimum Gasteiger partial charge on any atom is -0.355 e. The third kappa shape index (κ3) is 4.16. The normalized spacial score (nSPS) is 10.0. The summed E-state index contributed by atoms with van der Waals surface area (Å²) >= 11 is 0. The van der Waals surface area contributed by atoms with Crippen molar-refractivity contribution in [2.45, 2.75) is 33.6 Å². The Morgan fingerprint density at radius 2 is 1.64 bits per heavy atom. The molecule has 1 amide bonds. The molecule has 0 rings (SSSR count). The number of hydrogen-bond acceptors (Lipinski definition) is 3. The standard InChI is InChI=1S/C10H17NO3/c1-4-5-6-11-10(14)9(7(2)12)8(3)13/h9H,4-6H2,1-3H3,(H,11,14). The van der Waals surface area contributed by atoms with E-state index in [0.29, 0.717) is 6.54 Å². The maximum Gasteiger partial charge on any atom is 0.238 e. The molecule has 80 valence electrons. The predicted molar refractivity (Wildman–Crippen MR) is 52.8 cm³/mol.